The summed E-state index contributed by atoms with van der Waals surface area (Å²) in [4.78, 5) is 26.9. The summed E-state index contributed by atoms with van der Waals surface area (Å²) in [7, 11) is 0. The Balaban J connectivity index is 2.02. The van der Waals surface area contributed by atoms with E-state index in [4.69, 9.17) is 0 Å². The zero-order valence-electron chi connectivity index (χ0n) is 15.2. The molecule has 1 aromatic heterocycles. The summed E-state index contributed by atoms with van der Waals surface area (Å²) in [5.74, 6) is 0. The normalized spacial score (nSPS) is 11.5. The number of fused-ring (bicyclic) bond motifs is 1. The van der Waals surface area contributed by atoms with Gasteiger partial charge in [0.1, 0.15) is 0 Å². The maximum absolute atomic E-state index is 12.2. The fraction of sp³-hybridized carbons (Fsp3) is 0.474. The maximum Gasteiger partial charge on any atom is 0.314 e. The number of aryl methyl sites for hydroxylation is 2. The van der Waals surface area contributed by atoms with Crippen LogP contribution in [0.15, 0.2) is 23.0 Å². The molecule has 2 rings (SSSR count). The van der Waals surface area contributed by atoms with Crippen molar-refractivity contribution in [1.29, 1.82) is 0 Å². The van der Waals surface area contributed by atoms with Crippen LogP contribution < -0.4 is 16.2 Å². The molecule has 0 saturated carbocycles. The molecule has 24 heavy (non-hydrogen) atoms. The van der Waals surface area contributed by atoms with Gasteiger partial charge in [0.25, 0.3) is 5.56 Å². The first-order chi connectivity index (χ1) is 11.2. The molecule has 0 saturated heterocycles. The fourth-order valence-corrected chi connectivity index (χ4v) is 2.62. The van der Waals surface area contributed by atoms with Gasteiger partial charge in [-0.15, -0.1) is 0 Å². The molecule has 0 aliphatic heterocycles. The van der Waals surface area contributed by atoms with E-state index in [0.29, 0.717) is 25.1 Å². The highest BCUT2D eigenvalue weighted by Gasteiger charge is 2.12. The molecule has 5 nitrogen and oxygen atoms in total. The number of H-pyrrole nitrogens is 1. The van der Waals surface area contributed by atoms with Crippen LogP contribution in [0.2, 0.25) is 0 Å². The Kier molecular flexibility index (Phi) is 5.32. The lowest BCUT2D eigenvalue weighted by atomic mass is 9.97. The van der Waals surface area contributed by atoms with Crippen molar-refractivity contribution in [3.05, 3.63) is 45.2 Å². The molecular weight excluding hydrogens is 302 g/mol. The molecule has 130 valence electrons. The smallest absolute Gasteiger partial charge is 0.314 e. The minimum Gasteiger partial charge on any atom is -0.338 e. The fourth-order valence-electron chi connectivity index (χ4n) is 2.62. The average molecular weight is 329 g/mol. The maximum atomic E-state index is 12.2. The van der Waals surface area contributed by atoms with E-state index in [9.17, 15) is 9.59 Å². The molecule has 3 N–H and O–H groups in total. The van der Waals surface area contributed by atoms with E-state index < -0.39 is 0 Å². The Hall–Kier alpha value is -2.30. The van der Waals surface area contributed by atoms with Crippen molar-refractivity contribution >= 4 is 16.9 Å². The van der Waals surface area contributed by atoms with Crippen LogP contribution in [0.1, 0.15) is 37.5 Å². The molecule has 2 aromatic rings. The number of hydrogen-bond donors (Lipinski definition) is 3. The molecule has 0 radical (unpaired) electrons. The number of pyridine rings is 1. The largest absolute Gasteiger partial charge is 0.338 e. The number of nitrogens with one attached hydrogen (secondary N) is 3. The molecule has 1 heterocycles. The average Bonchev–Trinajstić information content (AvgIpc) is 2.45. The summed E-state index contributed by atoms with van der Waals surface area (Å²) in [6, 6.07) is 5.81. The van der Waals surface area contributed by atoms with Gasteiger partial charge >= 0.3 is 6.03 Å². The molecule has 0 atom stereocenters. The van der Waals surface area contributed by atoms with Gasteiger partial charge in [0, 0.05) is 29.6 Å². The van der Waals surface area contributed by atoms with Crippen molar-refractivity contribution in [3.8, 4) is 0 Å². The first-order valence-corrected chi connectivity index (χ1v) is 8.30. The van der Waals surface area contributed by atoms with Crippen LogP contribution in [0, 0.1) is 19.3 Å². The minimum absolute atomic E-state index is 0.0441. The number of carbonyl (C=O) groups is 1. The molecule has 2 amide bonds. The highest BCUT2D eigenvalue weighted by molar-refractivity contribution is 5.83. The Morgan fingerprint density at radius 3 is 2.50 bits per heavy atom. The summed E-state index contributed by atoms with van der Waals surface area (Å²) in [6.07, 6.45) is 0.502. The van der Waals surface area contributed by atoms with E-state index in [2.05, 4.69) is 42.5 Å². The Morgan fingerprint density at radius 2 is 1.83 bits per heavy atom. The molecule has 0 fully saturated rings. The van der Waals surface area contributed by atoms with Gasteiger partial charge in [-0.2, -0.15) is 0 Å². The molecule has 0 aliphatic carbocycles. The minimum atomic E-state index is -0.200. The second-order valence-electron chi connectivity index (χ2n) is 7.59. The topological polar surface area (TPSA) is 74.0 Å². The lowest BCUT2D eigenvalue weighted by Crippen LogP contribution is -2.40. The van der Waals surface area contributed by atoms with Gasteiger partial charge in [-0.3, -0.25) is 4.79 Å². The number of amides is 2. The third-order valence-corrected chi connectivity index (χ3v) is 3.85. The van der Waals surface area contributed by atoms with Gasteiger partial charge in [0.2, 0.25) is 0 Å². The monoisotopic (exact) mass is 329 g/mol. The van der Waals surface area contributed by atoms with E-state index in [0.717, 1.165) is 22.0 Å². The van der Waals surface area contributed by atoms with Crippen LogP contribution in [-0.4, -0.2) is 24.1 Å². The Morgan fingerprint density at radius 1 is 1.12 bits per heavy atom. The van der Waals surface area contributed by atoms with Crippen LogP contribution in [0.4, 0.5) is 4.79 Å². The van der Waals surface area contributed by atoms with Gasteiger partial charge in [0.15, 0.2) is 0 Å². The number of aromatic amines is 1. The molecule has 0 bridgehead atoms. The summed E-state index contributed by atoms with van der Waals surface area (Å²) in [5, 5.41) is 6.68. The third-order valence-electron chi connectivity index (χ3n) is 3.85. The third kappa shape index (κ3) is 4.85. The Bertz CT molecular complexity index is 801. The standard InChI is InChI=1S/C19H27N3O2/c1-12-8-13(2)15-10-14(17(23)22-16(15)9-12)6-7-20-18(24)21-11-19(3,4)5/h8-10H,6-7,11H2,1-5H3,(H,22,23)(H2,20,21,24). The lowest BCUT2D eigenvalue weighted by molar-refractivity contribution is 0.235. The highest BCUT2D eigenvalue weighted by atomic mass is 16.2. The van der Waals surface area contributed by atoms with Crippen LogP contribution in [0.3, 0.4) is 0 Å². The highest BCUT2D eigenvalue weighted by Crippen LogP contribution is 2.18. The molecule has 1 aromatic carbocycles. The van der Waals surface area contributed by atoms with Crippen LogP contribution >= 0.6 is 0 Å². The van der Waals surface area contributed by atoms with Crippen LogP contribution in [0.25, 0.3) is 10.9 Å². The van der Waals surface area contributed by atoms with E-state index >= 15 is 0 Å². The van der Waals surface area contributed by atoms with Crippen molar-refractivity contribution < 1.29 is 4.79 Å². The van der Waals surface area contributed by atoms with Gasteiger partial charge < -0.3 is 15.6 Å². The first kappa shape index (κ1) is 18.0. The number of benzene rings is 1. The SMILES string of the molecule is Cc1cc(C)c2cc(CCNC(=O)NCC(C)(C)C)c(=O)[nH]c2c1. The number of rotatable bonds is 4. The van der Waals surface area contributed by atoms with E-state index in [1.54, 1.807) is 0 Å². The van der Waals surface area contributed by atoms with Gasteiger partial charge in [-0.25, -0.2) is 4.79 Å². The second-order valence-corrected chi connectivity index (χ2v) is 7.59. The van der Waals surface area contributed by atoms with Gasteiger partial charge in [0.05, 0.1) is 0 Å². The molecular formula is C19H27N3O2. The summed E-state index contributed by atoms with van der Waals surface area (Å²) < 4.78 is 0. The number of hydrogen-bond acceptors (Lipinski definition) is 2. The van der Waals surface area contributed by atoms with E-state index in [1.165, 1.54) is 0 Å². The second kappa shape index (κ2) is 7.07. The number of aromatic nitrogens is 1. The zero-order chi connectivity index (χ0) is 17.9. The predicted molar refractivity (Wildman–Crippen MR) is 98.6 cm³/mol. The zero-order valence-corrected chi connectivity index (χ0v) is 15.2. The first-order valence-electron chi connectivity index (χ1n) is 8.30. The quantitative estimate of drug-likeness (QED) is 0.806. The van der Waals surface area contributed by atoms with E-state index in [1.807, 2.05) is 26.0 Å². The predicted octanol–water partition coefficient (Wildman–Crippen LogP) is 3.03. The number of urea groups is 1. The summed E-state index contributed by atoms with van der Waals surface area (Å²) in [6.45, 7) is 11.3. The van der Waals surface area contributed by atoms with Crippen molar-refractivity contribution in [1.82, 2.24) is 15.6 Å². The summed E-state index contributed by atoms with van der Waals surface area (Å²) in [5.41, 5.74) is 3.76. The van der Waals surface area contributed by atoms with E-state index in [-0.39, 0.29) is 17.0 Å². The Labute approximate surface area is 142 Å². The molecule has 0 aliphatic rings. The van der Waals surface area contributed by atoms with Crippen molar-refractivity contribution in [2.75, 3.05) is 13.1 Å². The summed E-state index contributed by atoms with van der Waals surface area (Å²) >= 11 is 0. The van der Waals surface area contributed by atoms with Crippen LogP contribution in [0.5, 0.6) is 0 Å². The van der Waals surface area contributed by atoms with Crippen molar-refractivity contribution in [3.63, 3.8) is 0 Å². The van der Waals surface area contributed by atoms with Crippen LogP contribution in [-0.2, 0) is 6.42 Å². The van der Waals surface area contributed by atoms with Crippen molar-refractivity contribution in [2.24, 2.45) is 5.41 Å². The lowest BCUT2D eigenvalue weighted by Gasteiger charge is -2.18. The molecule has 5 heteroatoms. The van der Waals surface area contributed by atoms with Gasteiger partial charge in [-0.05, 0) is 48.9 Å². The molecule has 0 spiro atoms. The molecule has 0 unspecified atom stereocenters. The number of carbonyl (C=O) groups excluding carboxylic acids is 1. The van der Waals surface area contributed by atoms with Crippen molar-refractivity contribution in [2.45, 2.75) is 41.0 Å². The van der Waals surface area contributed by atoms with Gasteiger partial charge in [-0.1, -0.05) is 26.8 Å².